The molecule has 0 aliphatic carbocycles. The Morgan fingerprint density at radius 2 is 1.71 bits per heavy atom. The zero-order valence-corrected chi connectivity index (χ0v) is 11.9. The van der Waals surface area contributed by atoms with Gasteiger partial charge >= 0.3 is 0 Å². The molecule has 6 heteroatoms. The van der Waals surface area contributed by atoms with Crippen LogP contribution in [0.1, 0.15) is 27.2 Å². The summed E-state index contributed by atoms with van der Waals surface area (Å²) in [5.74, 6) is 0. The Hall–Kier alpha value is -0.170. The van der Waals surface area contributed by atoms with Crippen LogP contribution in [0.3, 0.4) is 0 Å². The molecule has 0 bridgehead atoms. The van der Waals surface area contributed by atoms with Crippen LogP contribution < -0.4 is 5.73 Å². The van der Waals surface area contributed by atoms with Gasteiger partial charge in [-0.1, -0.05) is 6.92 Å². The highest BCUT2D eigenvalue weighted by Crippen LogP contribution is 2.14. The van der Waals surface area contributed by atoms with E-state index in [0.717, 1.165) is 19.5 Å². The molecule has 17 heavy (non-hydrogen) atoms. The first-order chi connectivity index (χ1) is 7.93. The van der Waals surface area contributed by atoms with E-state index in [2.05, 4.69) is 11.8 Å². The Morgan fingerprint density at radius 1 is 1.18 bits per heavy atom. The zero-order valence-electron chi connectivity index (χ0n) is 11.1. The molecular formula is C11H25N3O2S. The van der Waals surface area contributed by atoms with Crippen LogP contribution in [0.2, 0.25) is 0 Å². The summed E-state index contributed by atoms with van der Waals surface area (Å²) < 4.78 is 25.6. The summed E-state index contributed by atoms with van der Waals surface area (Å²) in [5, 5.41) is -0.328. The molecule has 1 aliphatic heterocycles. The van der Waals surface area contributed by atoms with Gasteiger partial charge in [0.05, 0.1) is 5.25 Å². The fourth-order valence-electron chi connectivity index (χ4n) is 2.20. The van der Waals surface area contributed by atoms with Gasteiger partial charge in [0.1, 0.15) is 0 Å². The molecule has 5 nitrogen and oxygen atoms in total. The third-order valence-corrected chi connectivity index (χ3v) is 5.76. The van der Waals surface area contributed by atoms with Crippen molar-refractivity contribution in [2.75, 3.05) is 32.7 Å². The van der Waals surface area contributed by atoms with Gasteiger partial charge in [-0.2, -0.15) is 4.31 Å². The number of hydrogen-bond donors (Lipinski definition) is 1. The predicted molar refractivity (Wildman–Crippen MR) is 70.3 cm³/mol. The highest BCUT2D eigenvalue weighted by atomic mass is 32.2. The van der Waals surface area contributed by atoms with Crippen LogP contribution in [0.5, 0.6) is 0 Å². The first kappa shape index (κ1) is 14.9. The summed E-state index contributed by atoms with van der Waals surface area (Å²) in [6.07, 6.45) is 1.02. The molecule has 1 rings (SSSR count). The molecule has 0 aromatic carbocycles. The third-order valence-electron chi connectivity index (χ3n) is 3.49. The van der Waals surface area contributed by atoms with E-state index < -0.39 is 10.0 Å². The van der Waals surface area contributed by atoms with E-state index in [0.29, 0.717) is 25.7 Å². The summed E-state index contributed by atoms with van der Waals surface area (Å²) in [5.41, 5.74) is 5.71. The van der Waals surface area contributed by atoms with E-state index in [9.17, 15) is 8.42 Å². The van der Waals surface area contributed by atoms with Crippen molar-refractivity contribution in [1.29, 1.82) is 0 Å². The molecule has 1 aliphatic rings. The largest absolute Gasteiger partial charge is 0.329 e. The fraction of sp³-hybridized carbons (Fsp3) is 1.00. The average molecular weight is 263 g/mol. The minimum atomic E-state index is -3.09. The Bertz CT molecular complexity index is 318. The van der Waals surface area contributed by atoms with Crippen LogP contribution in [0.4, 0.5) is 0 Å². The minimum Gasteiger partial charge on any atom is -0.329 e. The predicted octanol–water partition coefficient (Wildman–Crippen LogP) is 0.0795. The second kappa shape index (κ2) is 6.13. The van der Waals surface area contributed by atoms with Gasteiger partial charge in [-0.15, -0.1) is 0 Å². The maximum atomic E-state index is 12.0. The first-order valence-corrected chi connectivity index (χ1v) is 7.86. The van der Waals surface area contributed by atoms with Gasteiger partial charge in [0.15, 0.2) is 0 Å². The molecule has 102 valence electrons. The first-order valence-electron chi connectivity index (χ1n) is 6.36. The summed E-state index contributed by atoms with van der Waals surface area (Å²) in [7, 11) is -3.09. The molecule has 2 N–H and O–H groups in total. The van der Waals surface area contributed by atoms with E-state index in [1.807, 2.05) is 0 Å². The molecule has 0 saturated carbocycles. The van der Waals surface area contributed by atoms with E-state index in [-0.39, 0.29) is 5.25 Å². The third kappa shape index (κ3) is 3.40. The lowest BCUT2D eigenvalue weighted by Crippen LogP contribution is -2.54. The average Bonchev–Trinajstić information content (AvgIpc) is 2.31. The lowest BCUT2D eigenvalue weighted by atomic mass is 10.1. The number of rotatable bonds is 5. The second-order valence-electron chi connectivity index (χ2n) is 4.83. The number of nitrogens with two attached hydrogens (primary N) is 1. The Kier molecular flexibility index (Phi) is 5.37. The molecular weight excluding hydrogens is 238 g/mol. The highest BCUT2D eigenvalue weighted by Gasteiger charge is 2.30. The standard InChI is InChI=1S/C11H25N3O2S/c1-4-11(9-12)13-5-7-14(8-6-13)17(15,16)10(2)3/h10-11H,4-9,12H2,1-3H3. The molecule has 0 spiro atoms. The SMILES string of the molecule is CCC(CN)N1CCN(S(=O)(=O)C(C)C)CC1. The Balaban J connectivity index is 2.57. The second-order valence-corrected chi connectivity index (χ2v) is 7.32. The summed E-state index contributed by atoms with van der Waals surface area (Å²) in [6.45, 7) is 9.01. The highest BCUT2D eigenvalue weighted by molar-refractivity contribution is 7.89. The molecule has 1 fully saturated rings. The summed E-state index contributed by atoms with van der Waals surface area (Å²) in [6, 6.07) is 0.388. The van der Waals surface area contributed by atoms with Crippen LogP contribution in [-0.4, -0.2) is 61.6 Å². The van der Waals surface area contributed by atoms with Crippen molar-refractivity contribution >= 4 is 10.0 Å². The van der Waals surface area contributed by atoms with E-state index >= 15 is 0 Å². The van der Waals surface area contributed by atoms with Crippen molar-refractivity contribution in [1.82, 2.24) is 9.21 Å². The molecule has 0 amide bonds. The maximum absolute atomic E-state index is 12.0. The van der Waals surface area contributed by atoms with Gasteiger partial charge < -0.3 is 5.73 Å². The van der Waals surface area contributed by atoms with E-state index in [1.54, 1.807) is 18.2 Å². The Labute approximate surface area is 105 Å². The topological polar surface area (TPSA) is 66.6 Å². The lowest BCUT2D eigenvalue weighted by Gasteiger charge is -2.38. The van der Waals surface area contributed by atoms with E-state index in [1.165, 1.54) is 0 Å². The van der Waals surface area contributed by atoms with Crippen LogP contribution >= 0.6 is 0 Å². The fourth-order valence-corrected chi connectivity index (χ4v) is 3.46. The van der Waals surface area contributed by atoms with Crippen molar-refractivity contribution in [2.45, 2.75) is 38.5 Å². The number of nitrogens with zero attached hydrogens (tertiary/aromatic N) is 2. The van der Waals surface area contributed by atoms with Crippen molar-refractivity contribution in [3.63, 3.8) is 0 Å². The van der Waals surface area contributed by atoms with Crippen molar-refractivity contribution in [3.05, 3.63) is 0 Å². The maximum Gasteiger partial charge on any atom is 0.216 e. The Morgan fingerprint density at radius 3 is 2.06 bits per heavy atom. The quantitative estimate of drug-likeness (QED) is 0.763. The molecule has 0 radical (unpaired) electrons. The number of piperazine rings is 1. The van der Waals surface area contributed by atoms with Crippen molar-refractivity contribution in [3.8, 4) is 0 Å². The molecule has 0 aromatic rings. The van der Waals surface area contributed by atoms with Crippen LogP contribution in [0.15, 0.2) is 0 Å². The van der Waals surface area contributed by atoms with Gasteiger partial charge in [-0.05, 0) is 20.3 Å². The van der Waals surface area contributed by atoms with Gasteiger partial charge in [0.2, 0.25) is 10.0 Å². The van der Waals surface area contributed by atoms with Crippen LogP contribution in [-0.2, 0) is 10.0 Å². The molecule has 0 aromatic heterocycles. The van der Waals surface area contributed by atoms with Gasteiger partial charge in [0.25, 0.3) is 0 Å². The van der Waals surface area contributed by atoms with Crippen molar-refractivity contribution in [2.24, 2.45) is 5.73 Å². The molecule has 1 saturated heterocycles. The summed E-state index contributed by atoms with van der Waals surface area (Å²) in [4.78, 5) is 2.30. The number of sulfonamides is 1. The molecule has 1 heterocycles. The zero-order chi connectivity index (χ0) is 13.1. The number of hydrogen-bond acceptors (Lipinski definition) is 4. The monoisotopic (exact) mass is 263 g/mol. The molecule has 1 atom stereocenters. The van der Waals surface area contributed by atoms with E-state index in [4.69, 9.17) is 5.73 Å². The normalized spacial score (nSPS) is 21.9. The van der Waals surface area contributed by atoms with Gasteiger partial charge in [0, 0.05) is 38.8 Å². The summed E-state index contributed by atoms with van der Waals surface area (Å²) >= 11 is 0. The smallest absolute Gasteiger partial charge is 0.216 e. The van der Waals surface area contributed by atoms with Crippen molar-refractivity contribution < 1.29 is 8.42 Å². The van der Waals surface area contributed by atoms with Crippen LogP contribution in [0.25, 0.3) is 0 Å². The molecule has 1 unspecified atom stereocenters. The van der Waals surface area contributed by atoms with Gasteiger partial charge in [-0.3, -0.25) is 4.90 Å². The van der Waals surface area contributed by atoms with Crippen LogP contribution in [0, 0.1) is 0 Å². The minimum absolute atomic E-state index is 0.328. The lowest BCUT2D eigenvalue weighted by molar-refractivity contribution is 0.136. The van der Waals surface area contributed by atoms with Gasteiger partial charge in [-0.25, -0.2) is 8.42 Å².